The summed E-state index contributed by atoms with van der Waals surface area (Å²) in [6.07, 6.45) is 2.52. The molecule has 0 bridgehead atoms. The smallest absolute Gasteiger partial charge is 0.306 e. The monoisotopic (exact) mass is 289 g/mol. The van der Waals surface area contributed by atoms with E-state index in [-0.39, 0.29) is 18.4 Å². The van der Waals surface area contributed by atoms with Crippen LogP contribution < -0.4 is 0 Å². The van der Waals surface area contributed by atoms with Crippen molar-refractivity contribution in [2.24, 2.45) is 0 Å². The van der Waals surface area contributed by atoms with E-state index in [1.54, 1.807) is 4.90 Å². The van der Waals surface area contributed by atoms with Gasteiger partial charge in [0.2, 0.25) is 5.91 Å². The summed E-state index contributed by atoms with van der Waals surface area (Å²) in [6, 6.07) is 0. The van der Waals surface area contributed by atoms with Gasteiger partial charge in [-0.3, -0.25) is 9.59 Å². The number of ether oxygens (including phenoxy) is 1. The van der Waals surface area contributed by atoms with Crippen molar-refractivity contribution in [3.8, 4) is 0 Å². The number of hydrogen-bond acceptors (Lipinski definition) is 4. The zero-order chi connectivity index (χ0) is 14.1. The Bertz CT molecular complexity index is 298. The molecule has 0 saturated carbocycles. The van der Waals surface area contributed by atoms with Crippen LogP contribution in [0.1, 0.15) is 32.6 Å². The van der Waals surface area contributed by atoms with E-state index in [9.17, 15) is 9.59 Å². The minimum Gasteiger partial charge on any atom is -0.481 e. The highest BCUT2D eigenvalue weighted by Gasteiger charge is 2.25. The van der Waals surface area contributed by atoms with Crippen LogP contribution in [0.25, 0.3) is 0 Å². The van der Waals surface area contributed by atoms with Crippen molar-refractivity contribution in [3.63, 3.8) is 0 Å². The molecular weight excluding hydrogens is 266 g/mol. The molecule has 0 aromatic rings. The van der Waals surface area contributed by atoms with E-state index >= 15 is 0 Å². The molecule has 1 amide bonds. The number of carboxylic acids is 1. The SMILES string of the molecule is CCCCSCCC(=O)N1CCOC(CC(=O)O)C1. The molecule has 1 rings (SSSR count). The number of rotatable bonds is 8. The molecule has 0 aromatic heterocycles. The molecule has 19 heavy (non-hydrogen) atoms. The summed E-state index contributed by atoms with van der Waals surface area (Å²) in [5.41, 5.74) is 0. The number of carbonyl (C=O) groups excluding carboxylic acids is 1. The molecule has 0 aliphatic carbocycles. The maximum absolute atomic E-state index is 12.0. The molecular formula is C13H23NO4S. The number of amides is 1. The summed E-state index contributed by atoms with van der Waals surface area (Å²) in [4.78, 5) is 24.3. The van der Waals surface area contributed by atoms with Gasteiger partial charge in [0, 0.05) is 25.3 Å². The highest BCUT2D eigenvalue weighted by molar-refractivity contribution is 7.99. The summed E-state index contributed by atoms with van der Waals surface area (Å²) in [5, 5.41) is 8.73. The van der Waals surface area contributed by atoms with Crippen LogP contribution in [-0.4, -0.2) is 59.2 Å². The molecule has 1 aliphatic heterocycles. The van der Waals surface area contributed by atoms with Gasteiger partial charge in [0.05, 0.1) is 19.1 Å². The maximum atomic E-state index is 12.0. The third-order valence-electron chi connectivity index (χ3n) is 3.00. The molecule has 1 atom stereocenters. The summed E-state index contributed by atoms with van der Waals surface area (Å²) in [6.45, 7) is 3.58. The molecule has 110 valence electrons. The number of hydrogen-bond donors (Lipinski definition) is 1. The molecule has 5 nitrogen and oxygen atoms in total. The fraction of sp³-hybridized carbons (Fsp3) is 0.846. The van der Waals surface area contributed by atoms with Gasteiger partial charge in [-0.2, -0.15) is 11.8 Å². The average molecular weight is 289 g/mol. The Kier molecular flexibility index (Phi) is 7.90. The predicted molar refractivity (Wildman–Crippen MR) is 75.4 cm³/mol. The average Bonchev–Trinajstić information content (AvgIpc) is 2.38. The Balaban J connectivity index is 2.22. The maximum Gasteiger partial charge on any atom is 0.306 e. The Morgan fingerprint density at radius 3 is 2.89 bits per heavy atom. The van der Waals surface area contributed by atoms with Crippen molar-refractivity contribution in [3.05, 3.63) is 0 Å². The van der Waals surface area contributed by atoms with Crippen LogP contribution in [0, 0.1) is 0 Å². The molecule has 0 spiro atoms. The Morgan fingerprint density at radius 2 is 2.21 bits per heavy atom. The second-order valence-electron chi connectivity index (χ2n) is 4.65. The second-order valence-corrected chi connectivity index (χ2v) is 5.87. The number of nitrogens with zero attached hydrogens (tertiary/aromatic N) is 1. The lowest BCUT2D eigenvalue weighted by Gasteiger charge is -2.32. The second kappa shape index (κ2) is 9.20. The minimum atomic E-state index is -0.880. The van der Waals surface area contributed by atoms with Crippen LogP contribution in [0.4, 0.5) is 0 Å². The third-order valence-corrected chi connectivity index (χ3v) is 4.07. The molecule has 1 fully saturated rings. The molecule has 1 aliphatic rings. The topological polar surface area (TPSA) is 66.8 Å². The summed E-state index contributed by atoms with van der Waals surface area (Å²) >= 11 is 1.81. The number of morpholine rings is 1. The third kappa shape index (κ3) is 6.82. The zero-order valence-corrected chi connectivity index (χ0v) is 12.3. The van der Waals surface area contributed by atoms with Crippen molar-refractivity contribution in [2.45, 2.75) is 38.7 Å². The van der Waals surface area contributed by atoms with Gasteiger partial charge < -0.3 is 14.7 Å². The highest BCUT2D eigenvalue weighted by atomic mass is 32.2. The fourth-order valence-electron chi connectivity index (χ4n) is 1.93. The van der Waals surface area contributed by atoms with Gasteiger partial charge in [-0.05, 0) is 12.2 Å². The van der Waals surface area contributed by atoms with Gasteiger partial charge >= 0.3 is 5.97 Å². The molecule has 1 saturated heterocycles. The largest absolute Gasteiger partial charge is 0.481 e. The van der Waals surface area contributed by atoms with Crippen LogP contribution >= 0.6 is 11.8 Å². The van der Waals surface area contributed by atoms with E-state index in [0.29, 0.717) is 26.1 Å². The molecule has 0 aromatic carbocycles. The Hall–Kier alpha value is -0.750. The predicted octanol–water partition coefficient (Wildman–Crippen LogP) is 1.61. The molecule has 0 radical (unpaired) electrons. The van der Waals surface area contributed by atoms with Crippen LogP contribution in [-0.2, 0) is 14.3 Å². The van der Waals surface area contributed by atoms with Gasteiger partial charge in [0.15, 0.2) is 0 Å². The van der Waals surface area contributed by atoms with E-state index in [0.717, 1.165) is 11.5 Å². The lowest BCUT2D eigenvalue weighted by Crippen LogP contribution is -2.46. The summed E-state index contributed by atoms with van der Waals surface area (Å²) in [5.74, 6) is 1.19. The Labute approximate surface area is 118 Å². The van der Waals surface area contributed by atoms with Gasteiger partial charge in [-0.1, -0.05) is 13.3 Å². The van der Waals surface area contributed by atoms with E-state index in [1.807, 2.05) is 11.8 Å². The minimum absolute atomic E-state index is 0.0327. The first kappa shape index (κ1) is 16.3. The van der Waals surface area contributed by atoms with Crippen molar-refractivity contribution in [2.75, 3.05) is 31.2 Å². The van der Waals surface area contributed by atoms with Crippen molar-refractivity contribution in [1.82, 2.24) is 4.90 Å². The summed E-state index contributed by atoms with van der Waals surface area (Å²) in [7, 11) is 0. The first-order valence-corrected chi connectivity index (χ1v) is 7.98. The standard InChI is InChI=1S/C13H23NO4S/c1-2-3-7-19-8-4-12(15)14-5-6-18-11(10-14)9-13(16)17/h11H,2-10H2,1H3,(H,16,17). The number of aliphatic carboxylic acids is 1. The van der Waals surface area contributed by atoms with Crippen molar-refractivity contribution < 1.29 is 19.4 Å². The van der Waals surface area contributed by atoms with Gasteiger partial charge in [0.1, 0.15) is 0 Å². The normalized spacial score (nSPS) is 19.4. The van der Waals surface area contributed by atoms with Gasteiger partial charge in [0.25, 0.3) is 0 Å². The van der Waals surface area contributed by atoms with E-state index in [1.165, 1.54) is 12.8 Å². The quantitative estimate of drug-likeness (QED) is 0.688. The highest BCUT2D eigenvalue weighted by Crippen LogP contribution is 2.12. The lowest BCUT2D eigenvalue weighted by atomic mass is 10.2. The van der Waals surface area contributed by atoms with Crippen LogP contribution in [0.2, 0.25) is 0 Å². The number of carbonyl (C=O) groups is 2. The summed E-state index contributed by atoms with van der Waals surface area (Å²) < 4.78 is 5.35. The van der Waals surface area contributed by atoms with Crippen LogP contribution in [0.5, 0.6) is 0 Å². The van der Waals surface area contributed by atoms with Crippen LogP contribution in [0.3, 0.4) is 0 Å². The first-order chi connectivity index (χ1) is 9.13. The van der Waals surface area contributed by atoms with E-state index in [4.69, 9.17) is 9.84 Å². The Morgan fingerprint density at radius 1 is 1.42 bits per heavy atom. The molecule has 1 N–H and O–H groups in total. The molecule has 1 heterocycles. The molecule has 1 unspecified atom stereocenters. The molecule has 6 heteroatoms. The van der Waals surface area contributed by atoms with Gasteiger partial charge in [-0.15, -0.1) is 0 Å². The fourth-order valence-corrected chi connectivity index (χ4v) is 2.95. The van der Waals surface area contributed by atoms with E-state index < -0.39 is 5.97 Å². The van der Waals surface area contributed by atoms with Crippen molar-refractivity contribution >= 4 is 23.6 Å². The first-order valence-electron chi connectivity index (χ1n) is 6.82. The van der Waals surface area contributed by atoms with Crippen LogP contribution in [0.15, 0.2) is 0 Å². The van der Waals surface area contributed by atoms with Gasteiger partial charge in [-0.25, -0.2) is 0 Å². The number of thioether (sulfide) groups is 1. The number of carboxylic acid groups (broad SMARTS) is 1. The van der Waals surface area contributed by atoms with E-state index in [2.05, 4.69) is 6.92 Å². The van der Waals surface area contributed by atoms with Crippen molar-refractivity contribution in [1.29, 1.82) is 0 Å². The number of unbranched alkanes of at least 4 members (excludes halogenated alkanes) is 1. The lowest BCUT2D eigenvalue weighted by molar-refractivity contribution is -0.147. The zero-order valence-electron chi connectivity index (χ0n) is 11.5.